The molecule has 0 atom stereocenters. The third-order valence-electron chi connectivity index (χ3n) is 5.34. The zero-order valence-electron chi connectivity index (χ0n) is 17.1. The Hall–Kier alpha value is -2.47. The van der Waals surface area contributed by atoms with Crippen LogP contribution in [-0.4, -0.2) is 36.2 Å². The summed E-state index contributed by atoms with van der Waals surface area (Å²) in [6.45, 7) is 3.44. The molecule has 1 fully saturated rings. The highest BCUT2D eigenvalue weighted by Crippen LogP contribution is 2.30. The van der Waals surface area contributed by atoms with E-state index in [2.05, 4.69) is 5.32 Å². The minimum Gasteiger partial charge on any atom is -0.495 e. The second-order valence-electron chi connectivity index (χ2n) is 7.41. The number of methoxy groups -OCH3 is 1. The number of esters is 1. The van der Waals surface area contributed by atoms with Crippen LogP contribution in [0.3, 0.4) is 0 Å². The van der Waals surface area contributed by atoms with E-state index in [1.807, 2.05) is 18.4 Å². The highest BCUT2D eigenvalue weighted by Gasteiger charge is 2.21. The molecule has 156 valence electrons. The average molecular weight is 419 g/mol. The summed E-state index contributed by atoms with van der Waals surface area (Å²) in [4.78, 5) is 24.7. The van der Waals surface area contributed by atoms with Gasteiger partial charge in [-0.05, 0) is 51.0 Å². The maximum absolute atomic E-state index is 12.6. The lowest BCUT2D eigenvalue weighted by Gasteiger charge is -2.22. The van der Waals surface area contributed by atoms with Crippen molar-refractivity contribution in [2.45, 2.75) is 52.0 Å². The van der Waals surface area contributed by atoms with Gasteiger partial charge in [-0.25, -0.2) is 4.79 Å². The lowest BCUT2D eigenvalue weighted by atomic mass is 9.95. The van der Waals surface area contributed by atoms with E-state index in [1.165, 1.54) is 6.42 Å². The van der Waals surface area contributed by atoms with E-state index < -0.39 is 5.97 Å². The van der Waals surface area contributed by atoms with Gasteiger partial charge in [0.1, 0.15) is 5.75 Å². The average Bonchev–Trinajstić information content (AvgIpc) is 3.01. The first kappa shape index (κ1) is 21.2. The smallest absolute Gasteiger partial charge is 0.340 e. The van der Waals surface area contributed by atoms with Crippen LogP contribution in [0.4, 0.5) is 0 Å². The minimum absolute atomic E-state index is 0.190. The van der Waals surface area contributed by atoms with Crippen molar-refractivity contribution < 1.29 is 19.1 Å². The zero-order chi connectivity index (χ0) is 21.0. The summed E-state index contributed by atoms with van der Waals surface area (Å²) in [5.41, 5.74) is 2.68. The number of nitrogens with zero attached hydrogens (tertiary/aromatic N) is 1. The molecule has 0 saturated heterocycles. The summed E-state index contributed by atoms with van der Waals surface area (Å²) in [5, 5.41) is 3.52. The molecule has 6 nitrogen and oxygen atoms in total. The molecule has 7 heteroatoms. The maximum atomic E-state index is 12.6. The Bertz CT molecular complexity index is 900. The predicted octanol–water partition coefficient (Wildman–Crippen LogP) is 4.36. The Labute approximate surface area is 176 Å². The fourth-order valence-electron chi connectivity index (χ4n) is 3.90. The van der Waals surface area contributed by atoms with Crippen LogP contribution in [-0.2, 0) is 9.53 Å². The molecule has 1 saturated carbocycles. The van der Waals surface area contributed by atoms with Crippen molar-refractivity contribution >= 4 is 23.5 Å². The van der Waals surface area contributed by atoms with Crippen LogP contribution < -0.4 is 10.1 Å². The van der Waals surface area contributed by atoms with Gasteiger partial charge in [0.25, 0.3) is 5.91 Å². The first-order valence-corrected chi connectivity index (χ1v) is 10.3. The molecular weight excluding hydrogens is 392 g/mol. The van der Waals surface area contributed by atoms with Crippen LogP contribution in [0.1, 0.15) is 53.8 Å². The van der Waals surface area contributed by atoms with E-state index >= 15 is 0 Å². The van der Waals surface area contributed by atoms with Gasteiger partial charge in [-0.3, -0.25) is 4.79 Å². The number of amides is 1. The third kappa shape index (κ3) is 4.93. The van der Waals surface area contributed by atoms with Crippen LogP contribution in [0.25, 0.3) is 5.69 Å². The van der Waals surface area contributed by atoms with Crippen molar-refractivity contribution in [1.29, 1.82) is 0 Å². The number of rotatable bonds is 6. The van der Waals surface area contributed by atoms with Crippen molar-refractivity contribution in [1.82, 2.24) is 9.88 Å². The quantitative estimate of drug-likeness (QED) is 0.707. The predicted molar refractivity (Wildman–Crippen MR) is 112 cm³/mol. The molecule has 0 radical (unpaired) electrons. The van der Waals surface area contributed by atoms with E-state index in [1.54, 1.807) is 31.4 Å². The molecule has 0 spiro atoms. The van der Waals surface area contributed by atoms with E-state index in [4.69, 9.17) is 21.1 Å². The SMILES string of the molecule is COc1ccc(Cl)cc1-n1c(C)cc(C(=O)OCC(=O)NC2CCCCC2)c1C. The Morgan fingerprint density at radius 1 is 1.17 bits per heavy atom. The first-order valence-electron chi connectivity index (χ1n) is 9.90. The number of benzene rings is 1. The van der Waals surface area contributed by atoms with E-state index in [9.17, 15) is 9.59 Å². The van der Waals surface area contributed by atoms with Crippen molar-refractivity contribution in [2.75, 3.05) is 13.7 Å². The van der Waals surface area contributed by atoms with Gasteiger partial charge in [-0.1, -0.05) is 30.9 Å². The molecule has 3 rings (SSSR count). The Morgan fingerprint density at radius 2 is 1.90 bits per heavy atom. The number of aryl methyl sites for hydroxylation is 1. The largest absolute Gasteiger partial charge is 0.495 e. The van der Waals surface area contributed by atoms with Gasteiger partial charge in [0, 0.05) is 22.5 Å². The maximum Gasteiger partial charge on any atom is 0.340 e. The molecule has 0 unspecified atom stereocenters. The molecule has 1 aromatic carbocycles. The van der Waals surface area contributed by atoms with E-state index in [0.29, 0.717) is 22.0 Å². The van der Waals surface area contributed by atoms with Gasteiger partial charge in [-0.15, -0.1) is 0 Å². The van der Waals surface area contributed by atoms with Gasteiger partial charge < -0.3 is 19.4 Å². The number of halogens is 1. The van der Waals surface area contributed by atoms with Gasteiger partial charge in [0.05, 0.1) is 18.4 Å². The summed E-state index contributed by atoms with van der Waals surface area (Å²) in [7, 11) is 1.58. The number of ether oxygens (including phenoxy) is 2. The Kier molecular flexibility index (Phi) is 6.85. The molecule has 1 N–H and O–H groups in total. The van der Waals surface area contributed by atoms with Crippen LogP contribution in [0.15, 0.2) is 24.3 Å². The fraction of sp³-hybridized carbons (Fsp3) is 0.455. The summed E-state index contributed by atoms with van der Waals surface area (Å²) < 4.78 is 12.6. The third-order valence-corrected chi connectivity index (χ3v) is 5.57. The van der Waals surface area contributed by atoms with Crippen molar-refractivity contribution in [3.05, 3.63) is 46.2 Å². The molecule has 1 amide bonds. The van der Waals surface area contributed by atoms with Crippen molar-refractivity contribution in [2.24, 2.45) is 0 Å². The number of carbonyl (C=O) groups excluding carboxylic acids is 2. The number of nitrogens with one attached hydrogen (secondary N) is 1. The van der Waals surface area contributed by atoms with Crippen LogP contribution in [0, 0.1) is 13.8 Å². The Morgan fingerprint density at radius 3 is 2.59 bits per heavy atom. The van der Waals surface area contributed by atoms with Gasteiger partial charge >= 0.3 is 5.97 Å². The molecule has 29 heavy (non-hydrogen) atoms. The molecule has 0 aliphatic heterocycles. The summed E-state index contributed by atoms with van der Waals surface area (Å²) in [6.07, 6.45) is 5.45. The van der Waals surface area contributed by atoms with E-state index in [-0.39, 0.29) is 18.6 Å². The standard InChI is InChI=1S/C22H27ClN2O4/c1-14-11-18(15(2)25(14)19-12-16(23)9-10-20(19)28-3)22(27)29-13-21(26)24-17-7-5-4-6-8-17/h9-12,17H,4-8,13H2,1-3H3,(H,24,26). The number of carbonyl (C=O) groups is 2. The van der Waals surface area contributed by atoms with E-state index in [0.717, 1.165) is 37.1 Å². The van der Waals surface area contributed by atoms with Crippen LogP contribution in [0.2, 0.25) is 5.02 Å². The summed E-state index contributed by atoms with van der Waals surface area (Å²) >= 11 is 6.16. The highest BCUT2D eigenvalue weighted by molar-refractivity contribution is 6.30. The lowest BCUT2D eigenvalue weighted by Crippen LogP contribution is -2.38. The monoisotopic (exact) mass is 418 g/mol. The highest BCUT2D eigenvalue weighted by atomic mass is 35.5. The van der Waals surface area contributed by atoms with Crippen molar-refractivity contribution in [3.8, 4) is 11.4 Å². The normalized spacial score (nSPS) is 14.5. The summed E-state index contributed by atoms with van der Waals surface area (Å²) in [6, 6.07) is 7.25. The molecule has 1 aliphatic rings. The fourth-order valence-corrected chi connectivity index (χ4v) is 4.07. The van der Waals surface area contributed by atoms with Crippen LogP contribution >= 0.6 is 11.6 Å². The number of aromatic nitrogens is 1. The summed E-state index contributed by atoms with van der Waals surface area (Å²) in [5.74, 6) is -0.136. The molecule has 0 bridgehead atoms. The lowest BCUT2D eigenvalue weighted by molar-refractivity contribution is -0.125. The minimum atomic E-state index is -0.524. The van der Waals surface area contributed by atoms with Crippen molar-refractivity contribution in [3.63, 3.8) is 0 Å². The molecule has 2 aromatic rings. The van der Waals surface area contributed by atoms with Gasteiger partial charge in [0.2, 0.25) is 0 Å². The zero-order valence-corrected chi connectivity index (χ0v) is 17.8. The Balaban J connectivity index is 1.71. The first-order chi connectivity index (χ1) is 13.9. The molecule has 1 aliphatic carbocycles. The molecule has 1 heterocycles. The molecular formula is C22H27ClN2O4. The number of hydrogen-bond acceptors (Lipinski definition) is 4. The van der Waals surface area contributed by atoms with Gasteiger partial charge in [-0.2, -0.15) is 0 Å². The second kappa shape index (κ2) is 9.35. The second-order valence-corrected chi connectivity index (χ2v) is 7.85. The topological polar surface area (TPSA) is 69.6 Å². The van der Waals surface area contributed by atoms with Crippen LogP contribution in [0.5, 0.6) is 5.75 Å². The van der Waals surface area contributed by atoms with Gasteiger partial charge in [0.15, 0.2) is 6.61 Å². The molecule has 1 aromatic heterocycles. The number of hydrogen-bond donors (Lipinski definition) is 1.